The molecular weight excluding hydrogens is 358 g/mol. The van der Waals surface area contributed by atoms with Gasteiger partial charge in [0.25, 0.3) is 0 Å². The molecule has 6 heteroatoms. The quantitative estimate of drug-likeness (QED) is 0.341. The highest BCUT2D eigenvalue weighted by atomic mass is 16.6. The highest BCUT2D eigenvalue weighted by Crippen LogP contribution is 2.38. The number of fused-ring (bicyclic) bond motifs is 2. The summed E-state index contributed by atoms with van der Waals surface area (Å²) in [7, 11) is 1.42. The molecule has 2 aromatic carbocycles. The normalized spacial score (nSPS) is 12.3. The van der Waals surface area contributed by atoms with E-state index < -0.39 is 0 Å². The molecule has 6 nitrogen and oxygen atoms in total. The molecule has 3 rings (SSSR count). The lowest BCUT2D eigenvalue weighted by atomic mass is 9.82. The number of benzene rings is 2. The Kier molecular flexibility index (Phi) is 5.69. The molecule has 28 heavy (non-hydrogen) atoms. The summed E-state index contributed by atoms with van der Waals surface area (Å²) >= 11 is 0. The molecule has 0 saturated heterocycles. The van der Waals surface area contributed by atoms with E-state index in [1.54, 1.807) is 42.5 Å². The van der Waals surface area contributed by atoms with Crippen LogP contribution >= 0.6 is 0 Å². The first-order valence-electron chi connectivity index (χ1n) is 8.56. The van der Waals surface area contributed by atoms with Crippen LogP contribution in [0.25, 0.3) is 0 Å². The second-order valence-electron chi connectivity index (χ2n) is 5.90. The van der Waals surface area contributed by atoms with Gasteiger partial charge in [-0.25, -0.2) is 0 Å². The maximum Gasteiger partial charge on any atom is 0.201 e. The number of ether oxygens (including phenoxy) is 2. The SMILES string of the molecule is C=CCOc1cccc2c1C(=O)c1c(OCC=C)cc(/C=N/OC)cc1C2=O. The fourth-order valence-electron chi connectivity index (χ4n) is 2.99. The first kappa shape index (κ1) is 19.1. The number of nitrogens with zero attached hydrogens (tertiary/aromatic N) is 1. The third kappa shape index (κ3) is 3.44. The zero-order valence-electron chi connectivity index (χ0n) is 15.4. The second kappa shape index (κ2) is 8.35. The molecule has 0 saturated carbocycles. The number of carbonyl (C=O) groups is 2. The smallest absolute Gasteiger partial charge is 0.201 e. The summed E-state index contributed by atoms with van der Waals surface area (Å²) < 4.78 is 11.3. The highest BCUT2D eigenvalue weighted by molar-refractivity contribution is 6.30. The van der Waals surface area contributed by atoms with Crippen molar-refractivity contribution in [2.24, 2.45) is 5.16 Å². The molecule has 0 fully saturated rings. The van der Waals surface area contributed by atoms with Crippen LogP contribution in [0.4, 0.5) is 0 Å². The van der Waals surface area contributed by atoms with Crippen molar-refractivity contribution in [3.63, 3.8) is 0 Å². The van der Waals surface area contributed by atoms with E-state index in [9.17, 15) is 9.59 Å². The molecule has 0 heterocycles. The zero-order chi connectivity index (χ0) is 20.1. The molecule has 2 aromatic rings. The van der Waals surface area contributed by atoms with E-state index >= 15 is 0 Å². The van der Waals surface area contributed by atoms with Crippen molar-refractivity contribution in [2.75, 3.05) is 20.3 Å². The standard InChI is InChI=1S/C22H19NO5/c1-4-9-27-17-8-6-7-15-19(17)22(25)20-16(21(15)24)11-14(13-23-26-3)12-18(20)28-10-5-2/h4-8,11-13H,1-2,9-10H2,3H3/b23-13+. The molecule has 0 unspecified atom stereocenters. The van der Waals surface area contributed by atoms with E-state index in [-0.39, 0.29) is 52.8 Å². The molecule has 1 aliphatic rings. The van der Waals surface area contributed by atoms with Gasteiger partial charge in [0.15, 0.2) is 5.78 Å². The van der Waals surface area contributed by atoms with Crippen LogP contribution in [0.5, 0.6) is 11.5 Å². The molecule has 0 spiro atoms. The van der Waals surface area contributed by atoms with Crippen LogP contribution in [0.15, 0.2) is 60.8 Å². The highest BCUT2D eigenvalue weighted by Gasteiger charge is 2.35. The lowest BCUT2D eigenvalue weighted by molar-refractivity contribution is 0.0973. The maximum atomic E-state index is 13.3. The number of hydrogen-bond acceptors (Lipinski definition) is 6. The third-order valence-corrected chi connectivity index (χ3v) is 4.11. The minimum atomic E-state index is -0.335. The molecule has 0 N–H and O–H groups in total. The van der Waals surface area contributed by atoms with Gasteiger partial charge in [0, 0.05) is 16.7 Å². The van der Waals surface area contributed by atoms with Crippen LogP contribution < -0.4 is 9.47 Å². The molecule has 0 aromatic heterocycles. The molecule has 0 radical (unpaired) electrons. The Morgan fingerprint density at radius 3 is 2.29 bits per heavy atom. The van der Waals surface area contributed by atoms with Gasteiger partial charge in [-0.1, -0.05) is 42.6 Å². The van der Waals surface area contributed by atoms with Crippen LogP contribution in [0.1, 0.15) is 37.4 Å². The first-order chi connectivity index (χ1) is 13.6. The van der Waals surface area contributed by atoms with Crippen molar-refractivity contribution < 1.29 is 23.9 Å². The topological polar surface area (TPSA) is 74.2 Å². The predicted molar refractivity (Wildman–Crippen MR) is 106 cm³/mol. The van der Waals surface area contributed by atoms with Crippen LogP contribution in [0.3, 0.4) is 0 Å². The number of ketones is 2. The average molecular weight is 377 g/mol. The molecule has 1 aliphatic carbocycles. The van der Waals surface area contributed by atoms with E-state index in [2.05, 4.69) is 18.3 Å². The average Bonchev–Trinajstić information content (AvgIpc) is 2.72. The molecule has 0 aliphatic heterocycles. The molecular formula is C22H19NO5. The van der Waals surface area contributed by atoms with Gasteiger partial charge in [0.05, 0.1) is 17.3 Å². The Morgan fingerprint density at radius 2 is 1.61 bits per heavy atom. The molecule has 0 atom stereocenters. The van der Waals surface area contributed by atoms with Gasteiger partial charge in [0.2, 0.25) is 5.78 Å². The molecule has 0 bridgehead atoms. The van der Waals surface area contributed by atoms with Crippen LogP contribution in [-0.2, 0) is 4.84 Å². The van der Waals surface area contributed by atoms with Gasteiger partial charge in [-0.15, -0.1) is 0 Å². The summed E-state index contributed by atoms with van der Waals surface area (Å²) in [5, 5.41) is 3.72. The van der Waals surface area contributed by atoms with Gasteiger partial charge >= 0.3 is 0 Å². The Bertz CT molecular complexity index is 991. The van der Waals surface area contributed by atoms with Crippen molar-refractivity contribution in [3.8, 4) is 11.5 Å². The monoisotopic (exact) mass is 377 g/mol. The van der Waals surface area contributed by atoms with Gasteiger partial charge in [-0.05, 0) is 18.2 Å². The van der Waals surface area contributed by atoms with Crippen LogP contribution in [0.2, 0.25) is 0 Å². The van der Waals surface area contributed by atoms with Crippen molar-refractivity contribution in [3.05, 3.63) is 83.5 Å². The van der Waals surface area contributed by atoms with Gasteiger partial charge in [-0.2, -0.15) is 0 Å². The molecule has 0 amide bonds. The van der Waals surface area contributed by atoms with Gasteiger partial charge < -0.3 is 14.3 Å². The first-order valence-corrected chi connectivity index (χ1v) is 8.56. The summed E-state index contributed by atoms with van der Waals surface area (Å²) in [6.07, 6.45) is 4.57. The van der Waals surface area contributed by atoms with Crippen molar-refractivity contribution in [1.29, 1.82) is 0 Å². The minimum absolute atomic E-state index is 0.181. The number of carbonyl (C=O) groups excluding carboxylic acids is 2. The minimum Gasteiger partial charge on any atom is -0.489 e. The van der Waals surface area contributed by atoms with Crippen molar-refractivity contribution >= 4 is 17.8 Å². The lowest BCUT2D eigenvalue weighted by Crippen LogP contribution is -2.23. The zero-order valence-corrected chi connectivity index (χ0v) is 15.4. The van der Waals surface area contributed by atoms with E-state index in [1.807, 2.05) is 0 Å². The maximum absolute atomic E-state index is 13.3. The van der Waals surface area contributed by atoms with Crippen LogP contribution in [-0.4, -0.2) is 38.1 Å². The second-order valence-corrected chi connectivity index (χ2v) is 5.90. The summed E-state index contributed by atoms with van der Waals surface area (Å²) in [4.78, 5) is 31.2. The van der Waals surface area contributed by atoms with E-state index in [4.69, 9.17) is 14.3 Å². The van der Waals surface area contributed by atoms with Crippen molar-refractivity contribution in [2.45, 2.75) is 0 Å². The van der Waals surface area contributed by atoms with E-state index in [0.717, 1.165) is 0 Å². The molecule has 142 valence electrons. The number of oxime groups is 1. The van der Waals surface area contributed by atoms with Crippen molar-refractivity contribution in [1.82, 2.24) is 0 Å². The number of rotatable bonds is 8. The van der Waals surface area contributed by atoms with Gasteiger partial charge in [-0.3, -0.25) is 9.59 Å². The summed E-state index contributed by atoms with van der Waals surface area (Å²) in [6, 6.07) is 8.17. The predicted octanol–water partition coefficient (Wildman–Crippen LogP) is 3.57. The van der Waals surface area contributed by atoms with Gasteiger partial charge in [0.1, 0.15) is 31.8 Å². The summed E-state index contributed by atoms with van der Waals surface area (Å²) in [5.74, 6) is -0.0121. The fourth-order valence-corrected chi connectivity index (χ4v) is 2.99. The van der Waals surface area contributed by atoms with E-state index in [1.165, 1.54) is 13.3 Å². The fraction of sp³-hybridized carbons (Fsp3) is 0.136. The summed E-state index contributed by atoms with van der Waals surface area (Å²) in [5.41, 5.74) is 1.53. The third-order valence-electron chi connectivity index (χ3n) is 4.11. The Balaban J connectivity index is 2.20. The lowest BCUT2D eigenvalue weighted by Gasteiger charge is -2.22. The van der Waals surface area contributed by atoms with Crippen LogP contribution in [0, 0.1) is 0 Å². The largest absolute Gasteiger partial charge is 0.489 e. The Morgan fingerprint density at radius 1 is 0.929 bits per heavy atom. The number of hydrogen-bond donors (Lipinski definition) is 0. The van der Waals surface area contributed by atoms with E-state index in [0.29, 0.717) is 11.3 Å². The Labute approximate surface area is 162 Å². The summed E-state index contributed by atoms with van der Waals surface area (Å²) in [6.45, 7) is 7.64. The Hall–Kier alpha value is -3.67.